The smallest absolute Gasteiger partial charge is 0.251 e. The lowest BCUT2D eigenvalue weighted by atomic mass is 9.57. The molecule has 2 unspecified atom stereocenters. The minimum atomic E-state index is -2.40. The van der Waals surface area contributed by atoms with E-state index in [0.717, 1.165) is 19.4 Å². The summed E-state index contributed by atoms with van der Waals surface area (Å²) in [5.74, 6) is -2.82. The monoisotopic (exact) mass is 245 g/mol. The fourth-order valence-electron chi connectivity index (χ4n) is 3.80. The van der Waals surface area contributed by atoms with Crippen molar-refractivity contribution >= 4 is 0 Å². The van der Waals surface area contributed by atoms with E-state index < -0.39 is 11.8 Å². The first-order valence-electron chi connectivity index (χ1n) is 6.58. The molecule has 98 valence electrons. The van der Waals surface area contributed by atoms with Crippen LogP contribution in [0.2, 0.25) is 0 Å². The normalized spacial score (nSPS) is 40.9. The van der Waals surface area contributed by atoms with Crippen LogP contribution in [0.25, 0.3) is 0 Å². The van der Waals surface area contributed by atoms with Crippen LogP contribution in [0.1, 0.15) is 39.5 Å². The molecule has 2 atom stereocenters. The van der Waals surface area contributed by atoms with Crippen molar-refractivity contribution in [2.75, 3.05) is 13.2 Å². The van der Waals surface area contributed by atoms with Crippen molar-refractivity contribution in [3.63, 3.8) is 0 Å². The fourth-order valence-corrected chi connectivity index (χ4v) is 3.80. The second-order valence-corrected chi connectivity index (χ2v) is 6.84. The average Bonchev–Trinajstić information content (AvgIpc) is 2.75. The highest BCUT2D eigenvalue weighted by Gasteiger charge is 2.62. The van der Waals surface area contributed by atoms with Crippen LogP contribution in [0.3, 0.4) is 0 Å². The molecule has 1 spiro atoms. The van der Waals surface area contributed by atoms with Crippen molar-refractivity contribution < 1.29 is 13.5 Å². The zero-order valence-corrected chi connectivity index (χ0v) is 10.6. The summed E-state index contributed by atoms with van der Waals surface area (Å²) in [6.45, 7) is 5.96. The minimum absolute atomic E-state index is 0.0741. The van der Waals surface area contributed by atoms with Gasteiger partial charge in [0.05, 0.1) is 12.2 Å². The fraction of sp³-hybridized carbons (Fsp3) is 1.00. The van der Waals surface area contributed by atoms with Crippen LogP contribution in [0, 0.1) is 11.3 Å². The van der Waals surface area contributed by atoms with Gasteiger partial charge in [0.1, 0.15) is 0 Å². The summed E-state index contributed by atoms with van der Waals surface area (Å²) in [6, 6.07) is 0.127. The third kappa shape index (κ3) is 1.99. The van der Waals surface area contributed by atoms with Gasteiger partial charge in [0.2, 0.25) is 0 Å². The number of alkyl halides is 2. The second-order valence-electron chi connectivity index (χ2n) is 6.84. The van der Waals surface area contributed by atoms with Gasteiger partial charge in [0, 0.05) is 24.9 Å². The van der Waals surface area contributed by atoms with Gasteiger partial charge in [-0.2, -0.15) is 0 Å². The van der Waals surface area contributed by atoms with Crippen LogP contribution in [0.5, 0.6) is 0 Å². The largest absolute Gasteiger partial charge is 0.372 e. The van der Waals surface area contributed by atoms with Gasteiger partial charge in [-0.3, -0.25) is 0 Å². The number of morpholine rings is 1. The SMILES string of the molecule is CC1(C)CC2(C1)OCCNC2CC1CC1(F)F. The Morgan fingerprint density at radius 2 is 1.94 bits per heavy atom. The van der Waals surface area contributed by atoms with E-state index in [1.807, 2.05) is 0 Å². The molecule has 0 aromatic carbocycles. The second kappa shape index (κ2) is 3.41. The highest BCUT2D eigenvalue weighted by Crippen LogP contribution is 2.57. The molecule has 3 aliphatic rings. The summed E-state index contributed by atoms with van der Waals surface area (Å²) in [5.41, 5.74) is 0.157. The maximum Gasteiger partial charge on any atom is 0.251 e. The molecule has 0 bridgehead atoms. The van der Waals surface area contributed by atoms with Crippen molar-refractivity contribution in [3.05, 3.63) is 0 Å². The van der Waals surface area contributed by atoms with Gasteiger partial charge in [-0.05, 0) is 24.7 Å². The van der Waals surface area contributed by atoms with E-state index in [-0.39, 0.29) is 18.1 Å². The van der Waals surface area contributed by atoms with E-state index in [1.54, 1.807) is 0 Å². The van der Waals surface area contributed by atoms with E-state index in [0.29, 0.717) is 18.4 Å². The Morgan fingerprint density at radius 3 is 2.47 bits per heavy atom. The molecule has 0 aromatic heterocycles. The lowest BCUT2D eigenvalue weighted by Gasteiger charge is -2.58. The molecule has 2 saturated carbocycles. The van der Waals surface area contributed by atoms with Gasteiger partial charge in [-0.15, -0.1) is 0 Å². The Bertz CT molecular complexity index is 321. The van der Waals surface area contributed by atoms with Crippen molar-refractivity contribution in [1.82, 2.24) is 5.32 Å². The third-order valence-electron chi connectivity index (χ3n) is 4.55. The summed E-state index contributed by atoms with van der Waals surface area (Å²) in [6.07, 6.45) is 2.64. The van der Waals surface area contributed by atoms with Gasteiger partial charge < -0.3 is 10.1 Å². The van der Waals surface area contributed by atoms with Crippen LogP contribution in [0.15, 0.2) is 0 Å². The molecule has 1 heterocycles. The maximum atomic E-state index is 13.0. The Morgan fingerprint density at radius 1 is 1.29 bits per heavy atom. The molecule has 1 saturated heterocycles. The Kier molecular flexibility index (Phi) is 2.38. The van der Waals surface area contributed by atoms with Crippen LogP contribution in [-0.4, -0.2) is 30.7 Å². The maximum absolute atomic E-state index is 13.0. The standard InChI is InChI=1S/C13H21F2NO/c1-11(2)7-12(8-11)10(16-3-4-17-12)5-9-6-13(9,14)15/h9-10,16H,3-8H2,1-2H3. The van der Waals surface area contributed by atoms with Gasteiger partial charge in [-0.1, -0.05) is 13.8 Å². The minimum Gasteiger partial charge on any atom is -0.372 e. The lowest BCUT2D eigenvalue weighted by Crippen LogP contribution is -2.66. The van der Waals surface area contributed by atoms with Crippen molar-refractivity contribution in [1.29, 1.82) is 0 Å². The van der Waals surface area contributed by atoms with Crippen LogP contribution >= 0.6 is 0 Å². The molecular formula is C13H21F2NO. The highest BCUT2D eigenvalue weighted by molar-refractivity contribution is 5.11. The number of hydrogen-bond acceptors (Lipinski definition) is 2. The molecule has 0 amide bonds. The summed E-state index contributed by atoms with van der Waals surface area (Å²) in [4.78, 5) is 0. The Labute approximate surface area is 101 Å². The molecular weight excluding hydrogens is 224 g/mol. The van der Waals surface area contributed by atoms with Crippen LogP contribution < -0.4 is 5.32 Å². The van der Waals surface area contributed by atoms with Gasteiger partial charge in [0.25, 0.3) is 5.92 Å². The van der Waals surface area contributed by atoms with Crippen molar-refractivity contribution in [2.45, 2.75) is 57.1 Å². The molecule has 2 aliphatic carbocycles. The quantitative estimate of drug-likeness (QED) is 0.807. The van der Waals surface area contributed by atoms with Crippen molar-refractivity contribution in [3.8, 4) is 0 Å². The average molecular weight is 245 g/mol. The summed E-state index contributed by atoms with van der Waals surface area (Å²) in [7, 11) is 0. The van der Waals surface area contributed by atoms with E-state index in [4.69, 9.17) is 4.74 Å². The van der Waals surface area contributed by atoms with Crippen LogP contribution in [0.4, 0.5) is 8.78 Å². The number of nitrogens with one attached hydrogen (secondary N) is 1. The molecule has 0 aromatic rings. The molecule has 4 heteroatoms. The van der Waals surface area contributed by atoms with Gasteiger partial charge >= 0.3 is 0 Å². The molecule has 1 N–H and O–H groups in total. The number of rotatable bonds is 2. The lowest BCUT2D eigenvalue weighted by molar-refractivity contribution is -0.196. The first kappa shape index (κ1) is 11.8. The van der Waals surface area contributed by atoms with E-state index in [9.17, 15) is 8.78 Å². The van der Waals surface area contributed by atoms with E-state index in [1.165, 1.54) is 0 Å². The Hall–Kier alpha value is -0.220. The predicted molar refractivity (Wildman–Crippen MR) is 61.2 cm³/mol. The zero-order chi connectivity index (χ0) is 12.3. The number of hydrogen-bond donors (Lipinski definition) is 1. The first-order chi connectivity index (χ1) is 7.83. The summed E-state index contributed by atoms with van der Waals surface area (Å²) in [5, 5.41) is 3.40. The van der Waals surface area contributed by atoms with Crippen molar-refractivity contribution in [2.24, 2.45) is 11.3 Å². The number of ether oxygens (including phenoxy) is 1. The molecule has 3 rings (SSSR count). The van der Waals surface area contributed by atoms with E-state index >= 15 is 0 Å². The Balaban J connectivity index is 1.65. The van der Waals surface area contributed by atoms with Crippen LogP contribution in [-0.2, 0) is 4.74 Å². The molecule has 1 aliphatic heterocycles. The molecule has 3 fully saturated rings. The molecule has 2 nitrogen and oxygen atoms in total. The molecule has 0 radical (unpaired) electrons. The third-order valence-corrected chi connectivity index (χ3v) is 4.55. The zero-order valence-electron chi connectivity index (χ0n) is 10.6. The number of halogens is 2. The van der Waals surface area contributed by atoms with E-state index in [2.05, 4.69) is 19.2 Å². The van der Waals surface area contributed by atoms with Gasteiger partial charge in [0.15, 0.2) is 0 Å². The summed E-state index contributed by atoms with van der Waals surface area (Å²) < 4.78 is 32.0. The summed E-state index contributed by atoms with van der Waals surface area (Å²) >= 11 is 0. The first-order valence-corrected chi connectivity index (χ1v) is 6.58. The molecule has 17 heavy (non-hydrogen) atoms. The topological polar surface area (TPSA) is 21.3 Å². The van der Waals surface area contributed by atoms with Gasteiger partial charge in [-0.25, -0.2) is 8.78 Å². The highest BCUT2D eigenvalue weighted by atomic mass is 19.3. The predicted octanol–water partition coefficient (Wildman–Crippen LogP) is 2.58.